The number of halogens is 1. The number of hydrogen-bond donors (Lipinski definition) is 4. The van der Waals surface area contributed by atoms with E-state index in [0.29, 0.717) is 37.5 Å². The molecule has 1 saturated carbocycles. The molecule has 0 unspecified atom stereocenters. The number of esters is 1. The van der Waals surface area contributed by atoms with Gasteiger partial charge in [0.2, 0.25) is 0 Å². The molecule has 4 N–H and O–H groups in total. The van der Waals surface area contributed by atoms with Gasteiger partial charge in [-0.1, -0.05) is 64.5 Å². The molecule has 0 aromatic rings. The van der Waals surface area contributed by atoms with E-state index in [0.717, 1.165) is 24.1 Å². The second kappa shape index (κ2) is 21.1. The number of aliphatic hydroxyl groups excluding tert-OH is 2. The summed E-state index contributed by atoms with van der Waals surface area (Å²) < 4.78 is 18.7. The predicted octanol–water partition coefficient (Wildman–Crippen LogP) is 2.75. The van der Waals surface area contributed by atoms with Crippen LogP contribution in [0.5, 0.6) is 0 Å². The largest absolute Gasteiger partial charge is 1.00 e. The van der Waals surface area contributed by atoms with E-state index in [1.807, 2.05) is 39.8 Å². The number of quaternary nitrogens is 1. The molecule has 55 heavy (non-hydrogen) atoms. The molecule has 3 fully saturated rings. The summed E-state index contributed by atoms with van der Waals surface area (Å²) in [5, 5.41) is 43.7. The van der Waals surface area contributed by atoms with Gasteiger partial charge in [-0.15, -0.1) is 0 Å². The lowest BCUT2D eigenvalue weighted by molar-refractivity contribution is -0.950. The molecular weight excluding hydrogens is 768 g/mol. The van der Waals surface area contributed by atoms with Gasteiger partial charge in [0.05, 0.1) is 75.2 Å². The van der Waals surface area contributed by atoms with Gasteiger partial charge in [-0.2, -0.15) is 0 Å². The van der Waals surface area contributed by atoms with Crippen molar-refractivity contribution in [2.45, 2.75) is 166 Å². The molecule has 1 amide bonds. The Morgan fingerprint density at radius 2 is 1.84 bits per heavy atom. The van der Waals surface area contributed by atoms with Gasteiger partial charge in [-0.25, -0.2) is 4.79 Å². The molecule has 2 saturated heterocycles. The summed E-state index contributed by atoms with van der Waals surface area (Å²) in [5.74, 6) is -0.953. The molecule has 4 rings (SSSR count). The quantitative estimate of drug-likeness (QED) is 0.0582. The second-order valence-corrected chi connectivity index (χ2v) is 17.3. The molecule has 314 valence electrons. The summed E-state index contributed by atoms with van der Waals surface area (Å²) >= 11 is 0. The van der Waals surface area contributed by atoms with Crippen molar-refractivity contribution >= 4 is 12.1 Å². The lowest BCUT2D eigenvalue weighted by atomic mass is 9.88. The second-order valence-electron chi connectivity index (χ2n) is 17.3. The molecule has 10 atom stereocenters. The van der Waals surface area contributed by atoms with E-state index in [1.54, 1.807) is 43.1 Å². The van der Waals surface area contributed by atoms with Gasteiger partial charge >= 0.3 is 12.1 Å². The van der Waals surface area contributed by atoms with E-state index in [4.69, 9.17) is 14.2 Å². The molecule has 0 aromatic carbocycles. The monoisotopic (exact) mass is 838 g/mol. The highest BCUT2D eigenvalue weighted by Crippen LogP contribution is 2.38. The first-order valence-corrected chi connectivity index (χ1v) is 20.6. The Morgan fingerprint density at radius 1 is 1.18 bits per heavy atom. The van der Waals surface area contributed by atoms with Crippen LogP contribution in [0.15, 0.2) is 48.6 Å². The van der Waals surface area contributed by atoms with Gasteiger partial charge in [0, 0.05) is 18.3 Å². The zero-order valence-corrected chi connectivity index (χ0v) is 35.9. The number of epoxide rings is 1. The van der Waals surface area contributed by atoms with Crippen LogP contribution in [0.3, 0.4) is 0 Å². The van der Waals surface area contributed by atoms with Gasteiger partial charge in [-0.05, 0) is 83.4 Å². The van der Waals surface area contributed by atoms with Crippen LogP contribution in [0, 0.1) is 11.8 Å². The summed E-state index contributed by atoms with van der Waals surface area (Å²) in [6, 6.07) is 0.579. The van der Waals surface area contributed by atoms with Gasteiger partial charge in [0.15, 0.2) is 6.10 Å². The molecule has 12 heteroatoms. The van der Waals surface area contributed by atoms with Crippen molar-refractivity contribution in [1.82, 2.24) is 4.90 Å². The van der Waals surface area contributed by atoms with Crippen LogP contribution in [0.2, 0.25) is 0 Å². The van der Waals surface area contributed by atoms with Crippen molar-refractivity contribution in [2.24, 2.45) is 11.8 Å². The summed E-state index contributed by atoms with van der Waals surface area (Å²) in [5.41, 5.74) is -1.95. The van der Waals surface area contributed by atoms with E-state index in [1.165, 1.54) is 38.5 Å². The van der Waals surface area contributed by atoms with E-state index in [-0.39, 0.29) is 60.3 Å². The first kappa shape index (κ1) is 47.3. The van der Waals surface area contributed by atoms with Crippen molar-refractivity contribution in [1.29, 1.82) is 0 Å². The molecule has 3 heterocycles. The molecule has 0 bridgehead atoms. The molecule has 11 nitrogen and oxygen atoms in total. The van der Waals surface area contributed by atoms with Crippen LogP contribution in [0.25, 0.3) is 0 Å². The fourth-order valence-corrected chi connectivity index (χ4v) is 8.79. The number of rotatable bonds is 12. The predicted molar refractivity (Wildman–Crippen MR) is 209 cm³/mol. The summed E-state index contributed by atoms with van der Waals surface area (Å²) in [7, 11) is 0. The number of cyclic esters (lactones) is 1. The number of amides is 1. The molecule has 0 radical (unpaired) electrons. The topological polar surface area (TPSA) is 149 Å². The minimum absolute atomic E-state index is 0. The van der Waals surface area contributed by atoms with Crippen LogP contribution in [0.1, 0.15) is 112 Å². The SMILES string of the molecule is C=CC[N+]1(C2CCCCCC2)CCN(C(=O)O[C@H]2/C=C/[C@H](C)[C@@H](/C(C)=C/C=C/[C@](C)(O)C[C@H]3O[C@@H]3[C@H](C)[C@@H](O)CC)OC(=O)C[C@H](O)CC[C@@]2(C)O)CC1.[Br-]. The first-order chi connectivity index (χ1) is 25.5. The molecular formula is C43H71BrN2O9. The maximum absolute atomic E-state index is 13.7. The first-order valence-electron chi connectivity index (χ1n) is 20.6. The number of hydrogen-bond acceptors (Lipinski definition) is 9. The van der Waals surface area contributed by atoms with Crippen molar-refractivity contribution in [3.8, 4) is 0 Å². The van der Waals surface area contributed by atoms with Gasteiger partial charge in [-0.3, -0.25) is 9.69 Å². The lowest BCUT2D eigenvalue weighted by Gasteiger charge is -2.49. The Kier molecular flexibility index (Phi) is 18.1. The van der Waals surface area contributed by atoms with Crippen LogP contribution in [-0.2, 0) is 19.0 Å². The van der Waals surface area contributed by atoms with E-state index < -0.39 is 47.7 Å². The highest BCUT2D eigenvalue weighted by Gasteiger charge is 2.47. The van der Waals surface area contributed by atoms with E-state index >= 15 is 0 Å². The van der Waals surface area contributed by atoms with E-state index in [9.17, 15) is 30.0 Å². The van der Waals surface area contributed by atoms with Crippen molar-refractivity contribution in [2.75, 3.05) is 32.7 Å². The fourth-order valence-electron chi connectivity index (χ4n) is 8.79. The third-order valence-electron chi connectivity index (χ3n) is 12.6. The van der Waals surface area contributed by atoms with Crippen LogP contribution >= 0.6 is 0 Å². The Morgan fingerprint density at radius 3 is 2.45 bits per heavy atom. The molecule has 0 spiro atoms. The molecule has 4 aliphatic rings. The van der Waals surface area contributed by atoms with Gasteiger partial charge < -0.3 is 56.1 Å². The Hall–Kier alpha value is -2.06. The molecule has 1 aliphatic carbocycles. The average Bonchev–Trinajstić information content (AvgIpc) is 3.93. The van der Waals surface area contributed by atoms with E-state index in [2.05, 4.69) is 6.58 Å². The Balaban J connectivity index is 0.00000812. The zero-order valence-electron chi connectivity index (χ0n) is 34.3. The zero-order chi connectivity index (χ0) is 39.7. The maximum atomic E-state index is 13.7. The highest BCUT2D eigenvalue weighted by atomic mass is 79.9. The van der Waals surface area contributed by atoms with Crippen molar-refractivity contribution in [3.05, 3.63) is 48.6 Å². The number of carbonyl (C=O) groups is 2. The summed E-state index contributed by atoms with van der Waals surface area (Å²) in [4.78, 5) is 28.4. The van der Waals surface area contributed by atoms with Gasteiger partial charge in [0.1, 0.15) is 11.7 Å². The minimum atomic E-state index is -1.50. The van der Waals surface area contributed by atoms with Crippen LogP contribution in [-0.4, -0.2) is 128 Å². The van der Waals surface area contributed by atoms with Gasteiger partial charge in [0.25, 0.3) is 0 Å². The average molecular weight is 840 g/mol. The standard InChI is InChI=1S/C43H71N2O9.BrH/c1-8-25-45(33-16-12-10-11-13-17-33)26-23-44(24-27-45)41(49)53-37-19-18-31(4)39(54-38(48)28-34(46)20-22-43(37,7)51)30(3)15-14-21-42(6,50)29-36-40(52-36)32(5)35(47)9-2;/h8,14-15,18-19,21,31-37,39-40,46-47,50-51H,1,9-13,16-17,20,22-29H2,2-7H3;1H/q+1;/p-1/b19-18+,21-14+,30-15+;/t31-,32+,34+,35-,36+,37-,39+,40+,42-,43+;/m0./s1. The normalized spacial score (nSPS) is 34.0. The smallest absolute Gasteiger partial charge is 0.410 e. The number of piperazine rings is 1. The Labute approximate surface area is 340 Å². The van der Waals surface area contributed by atoms with Crippen molar-refractivity contribution < 1.29 is 65.7 Å². The fraction of sp³-hybridized carbons (Fsp3) is 0.767. The maximum Gasteiger partial charge on any atom is 0.410 e. The summed E-state index contributed by atoms with van der Waals surface area (Å²) in [6.45, 7) is 18.7. The Bertz CT molecular complexity index is 1330. The number of carbonyl (C=O) groups excluding carboxylic acids is 2. The number of ether oxygens (including phenoxy) is 3. The molecule has 3 aliphatic heterocycles. The lowest BCUT2D eigenvalue weighted by Crippen LogP contribution is -3.00. The minimum Gasteiger partial charge on any atom is -1.00 e. The van der Waals surface area contributed by atoms with Crippen molar-refractivity contribution in [3.63, 3.8) is 0 Å². The number of allylic oxidation sites excluding steroid dienone is 2. The third-order valence-corrected chi connectivity index (χ3v) is 12.6. The van der Waals surface area contributed by atoms with Crippen LogP contribution < -0.4 is 17.0 Å². The summed E-state index contributed by atoms with van der Waals surface area (Å²) in [6.07, 6.45) is 15.3. The third kappa shape index (κ3) is 13.5. The molecule has 0 aromatic heterocycles. The number of aliphatic hydroxyl groups is 4. The highest BCUT2D eigenvalue weighted by molar-refractivity contribution is 5.70. The number of nitrogens with zero attached hydrogens (tertiary/aromatic N) is 2. The van der Waals surface area contributed by atoms with Crippen LogP contribution in [0.4, 0.5) is 4.79 Å².